The van der Waals surface area contributed by atoms with Gasteiger partial charge in [-0.15, -0.1) is 0 Å². The van der Waals surface area contributed by atoms with Crippen molar-refractivity contribution in [2.75, 3.05) is 7.05 Å². The van der Waals surface area contributed by atoms with Crippen LogP contribution in [0.2, 0.25) is 0 Å². The summed E-state index contributed by atoms with van der Waals surface area (Å²) in [5, 5.41) is 2.70. The first-order valence-electron chi connectivity index (χ1n) is 7.67. The zero-order valence-electron chi connectivity index (χ0n) is 13.5. The van der Waals surface area contributed by atoms with E-state index in [1.165, 1.54) is 25.4 Å². The maximum Gasteiger partial charge on any atom is 0.280 e. The normalized spacial score (nSPS) is 23.3. The fourth-order valence-corrected chi connectivity index (χ4v) is 3.95. The van der Waals surface area contributed by atoms with Gasteiger partial charge in [0.05, 0.1) is 12.3 Å². The van der Waals surface area contributed by atoms with Crippen LogP contribution in [0.5, 0.6) is 0 Å². The van der Waals surface area contributed by atoms with E-state index in [4.69, 9.17) is 4.42 Å². The summed E-state index contributed by atoms with van der Waals surface area (Å²) < 4.78 is 46.2. The Kier molecular flexibility index (Phi) is 4.89. The van der Waals surface area contributed by atoms with Crippen LogP contribution < -0.4 is 10.0 Å². The van der Waals surface area contributed by atoms with E-state index in [0.29, 0.717) is 5.76 Å². The van der Waals surface area contributed by atoms with Crippen LogP contribution in [0.3, 0.4) is 0 Å². The molecule has 0 radical (unpaired) electrons. The highest BCUT2D eigenvalue weighted by Crippen LogP contribution is 2.28. The summed E-state index contributed by atoms with van der Waals surface area (Å²) in [6.45, 7) is 0.183. The molecule has 9 heteroatoms. The maximum atomic E-state index is 12.9. The van der Waals surface area contributed by atoms with Crippen molar-refractivity contribution in [3.05, 3.63) is 59.8 Å². The predicted octanol–water partition coefficient (Wildman–Crippen LogP) is 1.31. The molecule has 1 saturated heterocycles. The molecule has 25 heavy (non-hydrogen) atoms. The van der Waals surface area contributed by atoms with E-state index in [9.17, 15) is 17.6 Å². The number of halogens is 1. The van der Waals surface area contributed by atoms with E-state index >= 15 is 0 Å². The summed E-state index contributed by atoms with van der Waals surface area (Å²) >= 11 is 0. The van der Waals surface area contributed by atoms with Gasteiger partial charge in [0.2, 0.25) is 5.91 Å². The van der Waals surface area contributed by atoms with Crippen LogP contribution in [0.15, 0.2) is 47.1 Å². The molecule has 0 saturated carbocycles. The molecule has 134 valence electrons. The highest BCUT2D eigenvalue weighted by Gasteiger charge is 2.41. The van der Waals surface area contributed by atoms with E-state index in [0.717, 1.165) is 9.87 Å². The first kappa shape index (κ1) is 17.6. The van der Waals surface area contributed by atoms with Crippen molar-refractivity contribution in [2.24, 2.45) is 0 Å². The van der Waals surface area contributed by atoms with E-state index in [-0.39, 0.29) is 18.8 Å². The first-order valence-corrected chi connectivity index (χ1v) is 9.11. The second-order valence-corrected chi connectivity index (χ2v) is 7.56. The molecule has 0 spiro atoms. The lowest BCUT2D eigenvalue weighted by molar-refractivity contribution is -0.125. The van der Waals surface area contributed by atoms with Crippen molar-refractivity contribution in [2.45, 2.75) is 25.0 Å². The molecule has 1 aliphatic heterocycles. The van der Waals surface area contributed by atoms with Gasteiger partial charge in [0.15, 0.2) is 0 Å². The van der Waals surface area contributed by atoms with Gasteiger partial charge in [-0.2, -0.15) is 17.4 Å². The topological polar surface area (TPSA) is 91.7 Å². The van der Waals surface area contributed by atoms with Gasteiger partial charge in [0, 0.05) is 13.6 Å². The van der Waals surface area contributed by atoms with Crippen LogP contribution in [0.25, 0.3) is 0 Å². The van der Waals surface area contributed by atoms with Gasteiger partial charge >= 0.3 is 0 Å². The van der Waals surface area contributed by atoms with Crippen LogP contribution in [0, 0.1) is 5.82 Å². The Balaban J connectivity index is 1.72. The number of likely N-dealkylation sites (N-methyl/N-ethyl adjacent to an activating group) is 1. The summed E-state index contributed by atoms with van der Waals surface area (Å²) in [6, 6.07) is 7.55. The van der Waals surface area contributed by atoms with Crippen LogP contribution >= 0.6 is 0 Å². The lowest BCUT2D eigenvalue weighted by atomic mass is 10.0. The minimum Gasteiger partial charge on any atom is -0.468 e. The summed E-state index contributed by atoms with van der Waals surface area (Å²) in [7, 11) is -2.46. The number of hydrogen-bond acceptors (Lipinski definition) is 4. The standard InChI is InChI=1S/C16H18FN3O4S/c1-20-14(16(21)18-10-11-4-6-12(17)7-5-11)9-13(19-25(20,22)23)15-3-2-8-24-15/h2-8,13-14,19H,9-10H2,1H3,(H,18,21)/t13-,14+/m0/s1. The second kappa shape index (κ2) is 6.95. The lowest BCUT2D eigenvalue weighted by Gasteiger charge is -2.35. The third kappa shape index (κ3) is 3.89. The molecule has 1 aromatic carbocycles. The summed E-state index contributed by atoms with van der Waals surface area (Å²) in [6.07, 6.45) is 1.68. The molecule has 1 aliphatic rings. The number of carbonyl (C=O) groups is 1. The van der Waals surface area contributed by atoms with Crippen LogP contribution in [0.1, 0.15) is 23.8 Å². The first-order chi connectivity index (χ1) is 11.9. The smallest absolute Gasteiger partial charge is 0.280 e. The third-order valence-corrected chi connectivity index (χ3v) is 5.73. The number of benzene rings is 1. The second-order valence-electron chi connectivity index (χ2n) is 5.80. The van der Waals surface area contributed by atoms with Crippen molar-refractivity contribution in [1.29, 1.82) is 0 Å². The fourth-order valence-electron chi connectivity index (χ4n) is 2.70. The van der Waals surface area contributed by atoms with Crippen molar-refractivity contribution in [3.63, 3.8) is 0 Å². The summed E-state index contributed by atoms with van der Waals surface area (Å²) in [5.74, 6) is -0.331. The Morgan fingerprint density at radius 1 is 1.36 bits per heavy atom. The molecular formula is C16H18FN3O4S. The van der Waals surface area contributed by atoms with Gasteiger partial charge in [0.1, 0.15) is 17.6 Å². The van der Waals surface area contributed by atoms with Crippen molar-refractivity contribution in [3.8, 4) is 0 Å². The number of carbonyl (C=O) groups excluding carboxylic acids is 1. The molecule has 7 nitrogen and oxygen atoms in total. The van der Waals surface area contributed by atoms with Crippen LogP contribution in [-0.2, 0) is 21.5 Å². The van der Waals surface area contributed by atoms with Crippen LogP contribution in [0.4, 0.5) is 4.39 Å². The lowest BCUT2D eigenvalue weighted by Crippen LogP contribution is -2.57. The molecule has 3 rings (SSSR count). The van der Waals surface area contributed by atoms with E-state index in [1.807, 2.05) is 0 Å². The molecule has 2 aromatic rings. The van der Waals surface area contributed by atoms with E-state index < -0.39 is 28.2 Å². The molecule has 2 N–H and O–H groups in total. The molecule has 0 aliphatic carbocycles. The van der Waals surface area contributed by atoms with Gasteiger partial charge in [-0.3, -0.25) is 4.79 Å². The number of hydrogen-bond donors (Lipinski definition) is 2. The molecule has 0 bridgehead atoms. The quantitative estimate of drug-likeness (QED) is 0.852. The molecule has 1 fully saturated rings. The Hall–Kier alpha value is -2.23. The third-order valence-electron chi connectivity index (χ3n) is 4.14. The van der Waals surface area contributed by atoms with Gasteiger partial charge in [0.25, 0.3) is 10.2 Å². The van der Waals surface area contributed by atoms with E-state index in [1.54, 1.807) is 24.3 Å². The number of rotatable bonds is 4. The average Bonchev–Trinajstić information content (AvgIpc) is 3.11. The number of nitrogens with one attached hydrogen (secondary N) is 2. The Morgan fingerprint density at radius 2 is 2.08 bits per heavy atom. The fraction of sp³-hybridized carbons (Fsp3) is 0.312. The minimum absolute atomic E-state index is 0.183. The van der Waals surface area contributed by atoms with Crippen LogP contribution in [-0.4, -0.2) is 31.7 Å². The van der Waals surface area contributed by atoms with Gasteiger partial charge in [-0.25, -0.2) is 4.39 Å². The largest absolute Gasteiger partial charge is 0.468 e. The Bertz CT molecular complexity index is 837. The van der Waals surface area contributed by atoms with Crippen molar-refractivity contribution >= 4 is 16.1 Å². The van der Waals surface area contributed by atoms with E-state index in [2.05, 4.69) is 10.0 Å². The monoisotopic (exact) mass is 367 g/mol. The van der Waals surface area contributed by atoms with Gasteiger partial charge < -0.3 is 9.73 Å². The number of nitrogens with zero attached hydrogens (tertiary/aromatic N) is 1. The zero-order chi connectivity index (χ0) is 18.0. The Labute approximate surface area is 145 Å². The summed E-state index contributed by atoms with van der Waals surface area (Å²) in [4.78, 5) is 12.5. The average molecular weight is 367 g/mol. The molecular weight excluding hydrogens is 349 g/mol. The molecule has 1 aromatic heterocycles. The number of amides is 1. The Morgan fingerprint density at radius 3 is 2.72 bits per heavy atom. The highest BCUT2D eigenvalue weighted by molar-refractivity contribution is 7.87. The predicted molar refractivity (Wildman–Crippen MR) is 87.9 cm³/mol. The molecule has 2 heterocycles. The van der Waals surface area contributed by atoms with Gasteiger partial charge in [-0.05, 0) is 36.2 Å². The molecule has 0 unspecified atom stereocenters. The van der Waals surface area contributed by atoms with Crippen molar-refractivity contribution < 1.29 is 22.0 Å². The SMILES string of the molecule is CN1[C@@H](C(=O)NCc2ccc(F)cc2)C[C@@H](c2ccco2)NS1(=O)=O. The maximum absolute atomic E-state index is 12.9. The molecule has 2 atom stereocenters. The number of furan rings is 1. The van der Waals surface area contributed by atoms with Gasteiger partial charge in [-0.1, -0.05) is 12.1 Å². The highest BCUT2D eigenvalue weighted by atomic mass is 32.2. The zero-order valence-corrected chi connectivity index (χ0v) is 14.3. The molecule has 1 amide bonds. The minimum atomic E-state index is -3.81. The van der Waals surface area contributed by atoms with Crippen molar-refractivity contribution in [1.82, 2.24) is 14.3 Å². The summed E-state index contributed by atoms with van der Waals surface area (Å²) in [5.41, 5.74) is 0.719.